The molecule has 1 aromatic heterocycles. The number of unbranched alkanes of at least 4 members (excludes halogenated alkanes) is 2. The van der Waals surface area contributed by atoms with Crippen molar-refractivity contribution < 1.29 is 9.18 Å². The largest absolute Gasteiger partial charge is 0.325 e. The molecule has 2 rings (SSSR count). The fraction of sp³-hybridized carbons (Fsp3) is 0.438. The van der Waals surface area contributed by atoms with Crippen molar-refractivity contribution in [2.75, 3.05) is 11.1 Å². The van der Waals surface area contributed by atoms with Gasteiger partial charge in [-0.15, -0.1) is 10.2 Å². The molecule has 5 nitrogen and oxygen atoms in total. The Morgan fingerprint density at radius 1 is 1.39 bits per heavy atom. The standard InChI is InChI=1S/C16H21FN4OS/c1-3-4-5-8-21-11-18-20-16(21)23-10-15(22)19-13-7-6-12(2)14(17)9-13/h6-7,9,11H,3-5,8,10H2,1-2H3,(H,19,22). The van der Waals surface area contributed by atoms with Gasteiger partial charge in [-0.2, -0.15) is 0 Å². The van der Waals surface area contributed by atoms with E-state index < -0.39 is 0 Å². The number of amides is 1. The van der Waals surface area contributed by atoms with E-state index in [1.165, 1.54) is 17.8 Å². The summed E-state index contributed by atoms with van der Waals surface area (Å²) in [7, 11) is 0. The van der Waals surface area contributed by atoms with Crippen molar-refractivity contribution in [2.45, 2.75) is 44.8 Å². The highest BCUT2D eigenvalue weighted by Crippen LogP contribution is 2.17. The molecule has 0 atom stereocenters. The molecule has 1 aromatic carbocycles. The number of hydrogen-bond donors (Lipinski definition) is 1. The summed E-state index contributed by atoms with van der Waals surface area (Å²) in [6, 6.07) is 4.65. The molecule has 0 saturated heterocycles. The van der Waals surface area contributed by atoms with E-state index in [1.54, 1.807) is 25.4 Å². The quantitative estimate of drug-likeness (QED) is 0.590. The lowest BCUT2D eigenvalue weighted by Gasteiger charge is -2.07. The number of carbonyl (C=O) groups excluding carboxylic acids is 1. The number of rotatable bonds is 8. The molecule has 0 bridgehead atoms. The molecule has 0 aliphatic rings. The summed E-state index contributed by atoms with van der Waals surface area (Å²) in [5.74, 6) is -0.311. The first-order valence-electron chi connectivity index (χ1n) is 7.66. The Hall–Kier alpha value is -1.89. The van der Waals surface area contributed by atoms with Crippen molar-refractivity contribution in [1.82, 2.24) is 14.8 Å². The van der Waals surface area contributed by atoms with Crippen LogP contribution in [0.25, 0.3) is 0 Å². The van der Waals surface area contributed by atoms with Crippen molar-refractivity contribution >= 4 is 23.4 Å². The molecule has 0 radical (unpaired) electrons. The summed E-state index contributed by atoms with van der Waals surface area (Å²) in [5.41, 5.74) is 1.01. The normalized spacial score (nSPS) is 10.7. The number of halogens is 1. The number of carbonyl (C=O) groups is 1. The first-order valence-corrected chi connectivity index (χ1v) is 8.65. The molecule has 7 heteroatoms. The molecule has 0 aliphatic carbocycles. The number of benzene rings is 1. The molecular weight excluding hydrogens is 315 g/mol. The van der Waals surface area contributed by atoms with Crippen molar-refractivity contribution in [1.29, 1.82) is 0 Å². The van der Waals surface area contributed by atoms with Crippen LogP contribution in [0.5, 0.6) is 0 Å². The number of nitrogens with zero attached hydrogens (tertiary/aromatic N) is 3. The minimum Gasteiger partial charge on any atom is -0.325 e. The van der Waals surface area contributed by atoms with E-state index in [4.69, 9.17) is 0 Å². The van der Waals surface area contributed by atoms with Crippen LogP contribution < -0.4 is 5.32 Å². The molecule has 23 heavy (non-hydrogen) atoms. The van der Waals surface area contributed by atoms with Crippen LogP contribution in [0.1, 0.15) is 31.7 Å². The summed E-state index contributed by atoms with van der Waals surface area (Å²) in [5, 5.41) is 11.3. The van der Waals surface area contributed by atoms with Gasteiger partial charge in [-0.05, 0) is 31.0 Å². The maximum absolute atomic E-state index is 13.5. The van der Waals surface area contributed by atoms with E-state index in [-0.39, 0.29) is 17.5 Å². The summed E-state index contributed by atoms with van der Waals surface area (Å²) < 4.78 is 15.4. The number of anilines is 1. The van der Waals surface area contributed by atoms with Gasteiger partial charge in [0.1, 0.15) is 12.1 Å². The topological polar surface area (TPSA) is 59.8 Å². The highest BCUT2D eigenvalue weighted by molar-refractivity contribution is 7.99. The molecule has 124 valence electrons. The van der Waals surface area contributed by atoms with Crippen molar-refractivity contribution in [2.24, 2.45) is 0 Å². The molecule has 0 saturated carbocycles. The van der Waals surface area contributed by atoms with Crippen LogP contribution in [-0.2, 0) is 11.3 Å². The lowest BCUT2D eigenvalue weighted by molar-refractivity contribution is -0.113. The van der Waals surface area contributed by atoms with Gasteiger partial charge in [0, 0.05) is 12.2 Å². The van der Waals surface area contributed by atoms with E-state index >= 15 is 0 Å². The Bertz CT molecular complexity index is 659. The lowest BCUT2D eigenvalue weighted by Crippen LogP contribution is -2.14. The highest BCUT2D eigenvalue weighted by atomic mass is 32.2. The number of aromatic nitrogens is 3. The molecule has 0 aliphatic heterocycles. The maximum Gasteiger partial charge on any atom is 0.234 e. The SMILES string of the molecule is CCCCCn1cnnc1SCC(=O)Nc1ccc(C)c(F)c1. The van der Waals surface area contributed by atoms with Gasteiger partial charge in [0.2, 0.25) is 5.91 Å². The minimum atomic E-state index is -0.328. The Kier molecular flexibility index (Phi) is 6.58. The first-order chi connectivity index (χ1) is 11.1. The third kappa shape index (κ3) is 5.35. The molecule has 2 aromatic rings. The summed E-state index contributed by atoms with van der Waals surface area (Å²) in [6.07, 6.45) is 5.06. The van der Waals surface area contributed by atoms with Crippen LogP contribution in [0, 0.1) is 12.7 Å². The van der Waals surface area contributed by atoms with Gasteiger partial charge in [0.15, 0.2) is 5.16 Å². The van der Waals surface area contributed by atoms with Crippen molar-refractivity contribution in [3.8, 4) is 0 Å². The third-order valence-corrected chi connectivity index (χ3v) is 4.35. The Morgan fingerprint density at radius 2 is 2.22 bits per heavy atom. The first kappa shape index (κ1) is 17.5. The molecular formula is C16H21FN4OS. The minimum absolute atomic E-state index is 0.193. The summed E-state index contributed by atoms with van der Waals surface area (Å²) >= 11 is 1.33. The summed E-state index contributed by atoms with van der Waals surface area (Å²) in [4.78, 5) is 12.0. The Labute approximate surface area is 139 Å². The van der Waals surface area contributed by atoms with Gasteiger partial charge in [0.25, 0.3) is 0 Å². The summed E-state index contributed by atoms with van der Waals surface area (Å²) in [6.45, 7) is 4.69. The van der Waals surface area contributed by atoms with Crippen LogP contribution in [0.4, 0.5) is 10.1 Å². The number of aryl methyl sites for hydroxylation is 2. The smallest absolute Gasteiger partial charge is 0.234 e. The predicted molar refractivity (Wildman–Crippen MR) is 90.0 cm³/mol. The van der Waals surface area contributed by atoms with Crippen molar-refractivity contribution in [3.63, 3.8) is 0 Å². The fourth-order valence-electron chi connectivity index (χ4n) is 2.04. The lowest BCUT2D eigenvalue weighted by atomic mass is 10.2. The van der Waals surface area contributed by atoms with Crippen LogP contribution in [-0.4, -0.2) is 26.4 Å². The van der Waals surface area contributed by atoms with Gasteiger partial charge >= 0.3 is 0 Å². The fourth-order valence-corrected chi connectivity index (χ4v) is 2.78. The second kappa shape index (κ2) is 8.67. The average Bonchev–Trinajstić information content (AvgIpc) is 2.97. The van der Waals surface area contributed by atoms with Gasteiger partial charge in [-0.25, -0.2) is 4.39 Å². The van der Waals surface area contributed by atoms with Gasteiger partial charge in [0.05, 0.1) is 5.75 Å². The molecule has 1 heterocycles. The number of thioether (sulfide) groups is 1. The van der Waals surface area contributed by atoms with Gasteiger partial charge in [-0.3, -0.25) is 4.79 Å². The number of nitrogens with one attached hydrogen (secondary N) is 1. The van der Waals surface area contributed by atoms with E-state index in [2.05, 4.69) is 22.4 Å². The van der Waals surface area contributed by atoms with Crippen molar-refractivity contribution in [3.05, 3.63) is 35.9 Å². The Morgan fingerprint density at radius 3 is 2.96 bits per heavy atom. The monoisotopic (exact) mass is 336 g/mol. The zero-order valence-corrected chi connectivity index (χ0v) is 14.2. The number of hydrogen-bond acceptors (Lipinski definition) is 4. The van der Waals surface area contributed by atoms with Crippen LogP contribution in [0.3, 0.4) is 0 Å². The predicted octanol–water partition coefficient (Wildman–Crippen LogP) is 3.65. The molecule has 0 fully saturated rings. The van der Waals surface area contributed by atoms with E-state index in [1.807, 2.05) is 4.57 Å². The highest BCUT2D eigenvalue weighted by Gasteiger charge is 2.09. The van der Waals surface area contributed by atoms with Gasteiger partial charge < -0.3 is 9.88 Å². The van der Waals surface area contributed by atoms with E-state index in [0.717, 1.165) is 31.0 Å². The Balaban J connectivity index is 1.84. The maximum atomic E-state index is 13.5. The zero-order chi connectivity index (χ0) is 16.7. The zero-order valence-electron chi connectivity index (χ0n) is 13.4. The molecule has 0 spiro atoms. The second-order valence-electron chi connectivity index (χ2n) is 5.31. The van der Waals surface area contributed by atoms with Gasteiger partial charge in [-0.1, -0.05) is 37.6 Å². The van der Waals surface area contributed by atoms with Crippen LogP contribution >= 0.6 is 11.8 Å². The molecule has 0 unspecified atom stereocenters. The second-order valence-corrected chi connectivity index (χ2v) is 6.26. The average molecular weight is 336 g/mol. The third-order valence-electron chi connectivity index (χ3n) is 3.37. The van der Waals surface area contributed by atoms with Crippen LogP contribution in [0.15, 0.2) is 29.7 Å². The van der Waals surface area contributed by atoms with E-state index in [9.17, 15) is 9.18 Å². The molecule has 1 N–H and O–H groups in total. The van der Waals surface area contributed by atoms with Crippen LogP contribution in [0.2, 0.25) is 0 Å². The molecule has 1 amide bonds. The van der Waals surface area contributed by atoms with E-state index in [0.29, 0.717) is 11.3 Å².